The summed E-state index contributed by atoms with van der Waals surface area (Å²) in [7, 11) is 0. The normalized spacial score (nSPS) is 12.0. The van der Waals surface area contributed by atoms with E-state index in [2.05, 4.69) is 5.32 Å². The van der Waals surface area contributed by atoms with Gasteiger partial charge in [-0.1, -0.05) is 54.1 Å². The van der Waals surface area contributed by atoms with Crippen LogP contribution < -0.4 is 5.32 Å². The fraction of sp³-hybridized carbons (Fsp3) is 0.235. The first kappa shape index (κ1) is 15.5. The number of carbonyl (C=O) groups is 1. The molecule has 0 bridgehead atoms. The molecule has 2 rings (SSSR count). The van der Waals surface area contributed by atoms with Crippen LogP contribution in [0.3, 0.4) is 0 Å². The van der Waals surface area contributed by atoms with Crippen LogP contribution in [0.1, 0.15) is 17.5 Å². The molecular formula is C17H18ClNO2. The number of benzene rings is 2. The highest BCUT2D eigenvalue weighted by Crippen LogP contribution is 2.12. The maximum atomic E-state index is 11.0. The molecule has 1 unspecified atom stereocenters. The summed E-state index contributed by atoms with van der Waals surface area (Å²) in [5, 5.41) is 13.0. The largest absolute Gasteiger partial charge is 0.481 e. The lowest BCUT2D eigenvalue weighted by molar-refractivity contribution is -0.137. The highest BCUT2D eigenvalue weighted by Gasteiger charge is 2.13. The van der Waals surface area contributed by atoms with E-state index < -0.39 is 5.97 Å². The molecule has 3 nitrogen and oxygen atoms in total. The molecule has 0 radical (unpaired) electrons. The Kier molecular flexibility index (Phi) is 5.78. The lowest BCUT2D eigenvalue weighted by atomic mass is 10.0. The van der Waals surface area contributed by atoms with Gasteiger partial charge in [-0.25, -0.2) is 0 Å². The molecule has 21 heavy (non-hydrogen) atoms. The molecule has 2 aromatic rings. The van der Waals surface area contributed by atoms with Crippen molar-refractivity contribution < 1.29 is 9.90 Å². The molecule has 0 aliphatic heterocycles. The molecule has 0 aliphatic rings. The van der Waals surface area contributed by atoms with Crippen molar-refractivity contribution in [2.75, 3.05) is 0 Å². The average molecular weight is 304 g/mol. The standard InChI is InChI=1S/C17H18ClNO2/c18-15-8-6-13(7-9-15)10-16(11-17(20)21)19-12-14-4-2-1-3-5-14/h1-9,16,19H,10-12H2,(H,20,21). The Morgan fingerprint density at radius 3 is 2.33 bits per heavy atom. The number of hydrogen-bond acceptors (Lipinski definition) is 2. The molecule has 2 N–H and O–H groups in total. The summed E-state index contributed by atoms with van der Waals surface area (Å²) in [6, 6.07) is 17.4. The van der Waals surface area contributed by atoms with E-state index in [0.717, 1.165) is 11.1 Å². The van der Waals surface area contributed by atoms with Crippen LogP contribution in [0, 0.1) is 0 Å². The minimum Gasteiger partial charge on any atom is -0.481 e. The summed E-state index contributed by atoms with van der Waals surface area (Å²) in [5.41, 5.74) is 2.22. The molecule has 0 amide bonds. The highest BCUT2D eigenvalue weighted by atomic mass is 35.5. The fourth-order valence-electron chi connectivity index (χ4n) is 2.19. The predicted octanol–water partition coefficient (Wildman–Crippen LogP) is 3.52. The van der Waals surface area contributed by atoms with Crippen LogP contribution in [0.4, 0.5) is 0 Å². The van der Waals surface area contributed by atoms with Crippen LogP contribution >= 0.6 is 11.6 Å². The zero-order valence-corrected chi connectivity index (χ0v) is 12.4. The second kappa shape index (κ2) is 7.81. The van der Waals surface area contributed by atoms with Gasteiger partial charge in [0.25, 0.3) is 0 Å². The molecule has 0 spiro atoms. The van der Waals surface area contributed by atoms with Gasteiger partial charge in [0.05, 0.1) is 6.42 Å². The molecule has 2 aromatic carbocycles. The van der Waals surface area contributed by atoms with Gasteiger partial charge in [0.15, 0.2) is 0 Å². The summed E-state index contributed by atoms with van der Waals surface area (Å²) < 4.78 is 0. The Hall–Kier alpha value is -1.84. The van der Waals surface area contributed by atoms with Crippen molar-refractivity contribution in [2.45, 2.75) is 25.4 Å². The van der Waals surface area contributed by atoms with Crippen molar-refractivity contribution in [3.8, 4) is 0 Å². The minimum absolute atomic E-state index is 0.0927. The fourth-order valence-corrected chi connectivity index (χ4v) is 2.32. The second-order valence-corrected chi connectivity index (χ2v) is 5.43. The van der Waals surface area contributed by atoms with Crippen LogP contribution in [0.25, 0.3) is 0 Å². The average Bonchev–Trinajstić information content (AvgIpc) is 2.48. The van der Waals surface area contributed by atoms with Crippen molar-refractivity contribution in [3.63, 3.8) is 0 Å². The number of carboxylic acid groups (broad SMARTS) is 1. The zero-order chi connectivity index (χ0) is 15.1. The van der Waals surface area contributed by atoms with Gasteiger partial charge < -0.3 is 10.4 Å². The Bertz CT molecular complexity index is 569. The van der Waals surface area contributed by atoms with Crippen LogP contribution in [-0.2, 0) is 17.8 Å². The first-order valence-corrected chi connectivity index (χ1v) is 7.25. The van der Waals surface area contributed by atoms with E-state index in [1.807, 2.05) is 54.6 Å². The third-order valence-electron chi connectivity index (χ3n) is 3.25. The lowest BCUT2D eigenvalue weighted by Gasteiger charge is -2.17. The van der Waals surface area contributed by atoms with Crippen molar-refractivity contribution >= 4 is 17.6 Å². The van der Waals surface area contributed by atoms with Gasteiger partial charge >= 0.3 is 5.97 Å². The van der Waals surface area contributed by atoms with Gasteiger partial charge in [0.2, 0.25) is 0 Å². The molecule has 4 heteroatoms. The quantitative estimate of drug-likeness (QED) is 0.823. The van der Waals surface area contributed by atoms with Crippen LogP contribution in [0.2, 0.25) is 5.02 Å². The van der Waals surface area contributed by atoms with E-state index in [1.165, 1.54) is 0 Å². The third kappa shape index (κ3) is 5.58. The van der Waals surface area contributed by atoms with Crippen LogP contribution in [0.5, 0.6) is 0 Å². The number of carboxylic acids is 1. The molecule has 0 saturated heterocycles. The Labute approximate surface area is 129 Å². The predicted molar refractivity (Wildman–Crippen MR) is 84.5 cm³/mol. The first-order chi connectivity index (χ1) is 10.1. The molecule has 1 atom stereocenters. The van der Waals surface area contributed by atoms with E-state index in [-0.39, 0.29) is 12.5 Å². The summed E-state index contributed by atoms with van der Waals surface area (Å²) in [6.45, 7) is 0.659. The molecule has 0 saturated carbocycles. The first-order valence-electron chi connectivity index (χ1n) is 6.87. The molecule has 0 fully saturated rings. The van der Waals surface area contributed by atoms with Gasteiger partial charge in [0.1, 0.15) is 0 Å². The number of aliphatic carboxylic acids is 1. The van der Waals surface area contributed by atoms with Gasteiger partial charge in [-0.05, 0) is 29.7 Å². The van der Waals surface area contributed by atoms with Crippen LogP contribution in [0.15, 0.2) is 54.6 Å². The topological polar surface area (TPSA) is 49.3 Å². The third-order valence-corrected chi connectivity index (χ3v) is 3.51. The molecule has 0 aromatic heterocycles. The Balaban J connectivity index is 1.97. The SMILES string of the molecule is O=C(O)CC(Cc1ccc(Cl)cc1)NCc1ccccc1. The number of hydrogen-bond donors (Lipinski definition) is 2. The van der Waals surface area contributed by atoms with Crippen LogP contribution in [-0.4, -0.2) is 17.1 Å². The van der Waals surface area contributed by atoms with Crippen molar-refractivity contribution in [1.82, 2.24) is 5.32 Å². The van der Waals surface area contributed by atoms with E-state index in [1.54, 1.807) is 0 Å². The molecular weight excluding hydrogens is 286 g/mol. The summed E-state index contributed by atoms with van der Waals surface area (Å²) >= 11 is 5.86. The summed E-state index contributed by atoms with van der Waals surface area (Å²) in [5.74, 6) is -0.797. The number of rotatable bonds is 7. The maximum Gasteiger partial charge on any atom is 0.304 e. The number of halogens is 1. The van der Waals surface area contributed by atoms with E-state index in [9.17, 15) is 4.79 Å². The van der Waals surface area contributed by atoms with Gasteiger partial charge in [-0.3, -0.25) is 4.79 Å². The van der Waals surface area contributed by atoms with E-state index >= 15 is 0 Å². The molecule has 0 aliphatic carbocycles. The van der Waals surface area contributed by atoms with Gasteiger partial charge in [-0.15, -0.1) is 0 Å². The number of nitrogens with one attached hydrogen (secondary N) is 1. The zero-order valence-electron chi connectivity index (χ0n) is 11.6. The van der Waals surface area contributed by atoms with Crippen molar-refractivity contribution in [2.24, 2.45) is 0 Å². The van der Waals surface area contributed by atoms with E-state index in [4.69, 9.17) is 16.7 Å². The summed E-state index contributed by atoms with van der Waals surface area (Å²) in [4.78, 5) is 11.0. The molecule has 110 valence electrons. The van der Waals surface area contributed by atoms with Crippen molar-refractivity contribution in [3.05, 3.63) is 70.7 Å². The lowest BCUT2D eigenvalue weighted by Crippen LogP contribution is -2.33. The van der Waals surface area contributed by atoms with Crippen molar-refractivity contribution in [1.29, 1.82) is 0 Å². The summed E-state index contributed by atoms with van der Waals surface area (Å²) in [6.07, 6.45) is 0.756. The van der Waals surface area contributed by atoms with Gasteiger partial charge in [0, 0.05) is 17.6 Å². The second-order valence-electron chi connectivity index (χ2n) is 4.99. The maximum absolute atomic E-state index is 11.0. The molecule has 0 heterocycles. The van der Waals surface area contributed by atoms with E-state index in [0.29, 0.717) is 18.0 Å². The highest BCUT2D eigenvalue weighted by molar-refractivity contribution is 6.30. The Morgan fingerprint density at radius 2 is 1.71 bits per heavy atom. The monoisotopic (exact) mass is 303 g/mol. The van der Waals surface area contributed by atoms with Gasteiger partial charge in [-0.2, -0.15) is 0 Å². The Morgan fingerprint density at radius 1 is 1.05 bits per heavy atom. The minimum atomic E-state index is -0.797. The smallest absolute Gasteiger partial charge is 0.304 e.